The molecule has 31 heavy (non-hydrogen) atoms. The summed E-state index contributed by atoms with van der Waals surface area (Å²) in [5, 5.41) is 6.90. The van der Waals surface area contributed by atoms with Crippen molar-refractivity contribution in [2.24, 2.45) is 5.41 Å². The second kappa shape index (κ2) is 7.38. The van der Waals surface area contributed by atoms with E-state index in [-0.39, 0.29) is 34.5 Å². The monoisotopic (exact) mass is 451 g/mol. The van der Waals surface area contributed by atoms with Gasteiger partial charge in [-0.05, 0) is 17.7 Å². The molecule has 0 unspecified atom stereocenters. The number of anilines is 1. The molecule has 1 amide bonds. The van der Waals surface area contributed by atoms with Crippen molar-refractivity contribution >= 4 is 28.8 Å². The van der Waals surface area contributed by atoms with Crippen LogP contribution in [0.15, 0.2) is 30.5 Å². The molecule has 162 valence electrons. The van der Waals surface area contributed by atoms with Crippen LogP contribution in [0.1, 0.15) is 27.9 Å². The number of fused-ring (bicyclic) bond motifs is 1. The minimum atomic E-state index is -2.91. The summed E-state index contributed by atoms with van der Waals surface area (Å²) in [6, 6.07) is 5.44. The van der Waals surface area contributed by atoms with Crippen molar-refractivity contribution in [1.29, 1.82) is 0 Å². The molecule has 4 heterocycles. The number of likely N-dealkylation sites (tertiary alicyclic amines) is 1. The molecule has 7 nitrogen and oxygen atoms in total. The number of nitrogens with zero attached hydrogens (tertiary/aromatic N) is 4. The number of carbonyl (C=O) groups is 1. The fourth-order valence-corrected chi connectivity index (χ4v) is 4.13. The van der Waals surface area contributed by atoms with Crippen LogP contribution in [-0.2, 0) is 11.3 Å². The average molecular weight is 452 g/mol. The Labute approximate surface area is 179 Å². The van der Waals surface area contributed by atoms with E-state index in [1.165, 1.54) is 16.6 Å². The van der Waals surface area contributed by atoms with E-state index in [4.69, 9.17) is 16.3 Å². The Morgan fingerprint density at radius 3 is 2.77 bits per heavy atom. The molecule has 0 bridgehead atoms. The van der Waals surface area contributed by atoms with Crippen LogP contribution in [0.25, 0.3) is 5.52 Å². The smallest absolute Gasteiger partial charge is 0.266 e. The number of aromatic nitrogens is 3. The number of amides is 1. The lowest BCUT2D eigenvalue weighted by Gasteiger charge is -2.54. The van der Waals surface area contributed by atoms with Gasteiger partial charge in [-0.3, -0.25) is 4.79 Å². The Bertz CT molecular complexity index is 1170. The van der Waals surface area contributed by atoms with Gasteiger partial charge in [0, 0.05) is 31.4 Å². The first-order valence-corrected chi connectivity index (χ1v) is 9.95. The molecule has 0 saturated carbocycles. The number of alkyl halides is 2. The summed E-state index contributed by atoms with van der Waals surface area (Å²) in [5.74, 6) is -0.853. The zero-order chi connectivity index (χ0) is 21.8. The number of ether oxygens (including phenoxy) is 1. The lowest BCUT2D eigenvalue weighted by atomic mass is 9.78. The number of hydrogen-bond acceptors (Lipinski definition) is 5. The fraction of sp³-hybridized carbons (Fsp3) is 0.350. The standard InChI is InChI=1S/C20H17ClF3N5O2/c21-19-26-17(25-5-11-2-1-3-13(15(11)22)16(23)24)14-4-12(6-29(14)27-19)18(30)28-7-20(8-28)9-31-10-20/h1-4,6,16H,5,7-10H2,(H,25,26,27). The van der Waals surface area contributed by atoms with Gasteiger partial charge in [-0.25, -0.2) is 17.7 Å². The molecule has 0 radical (unpaired) electrons. The lowest BCUT2D eigenvalue weighted by Crippen LogP contribution is -2.67. The largest absolute Gasteiger partial charge is 0.380 e. The van der Waals surface area contributed by atoms with Crippen molar-refractivity contribution in [3.63, 3.8) is 0 Å². The third-order valence-corrected chi connectivity index (χ3v) is 5.79. The Morgan fingerprint density at radius 1 is 1.32 bits per heavy atom. The van der Waals surface area contributed by atoms with Crippen LogP contribution in [-0.4, -0.2) is 51.7 Å². The first kappa shape index (κ1) is 20.1. The fourth-order valence-electron chi connectivity index (χ4n) is 3.97. The summed E-state index contributed by atoms with van der Waals surface area (Å²) in [4.78, 5) is 18.6. The van der Waals surface area contributed by atoms with Crippen molar-refractivity contribution < 1.29 is 22.7 Å². The summed E-state index contributed by atoms with van der Waals surface area (Å²) < 4.78 is 46.8. The van der Waals surface area contributed by atoms with E-state index in [2.05, 4.69) is 15.4 Å². The molecule has 3 aromatic rings. The minimum Gasteiger partial charge on any atom is -0.380 e. The van der Waals surface area contributed by atoms with E-state index in [1.807, 2.05) is 0 Å². The number of nitrogens with one attached hydrogen (secondary N) is 1. The molecule has 5 rings (SSSR count). The van der Waals surface area contributed by atoms with Gasteiger partial charge in [0.1, 0.15) is 11.3 Å². The second-order valence-electron chi connectivity index (χ2n) is 7.92. The molecule has 2 saturated heterocycles. The summed E-state index contributed by atoms with van der Waals surface area (Å²) in [6.07, 6.45) is -1.36. The number of benzene rings is 1. The van der Waals surface area contributed by atoms with Gasteiger partial charge in [0.2, 0.25) is 5.28 Å². The number of carbonyl (C=O) groups excluding carboxylic acids is 1. The van der Waals surface area contributed by atoms with Crippen LogP contribution >= 0.6 is 11.6 Å². The second-order valence-corrected chi connectivity index (χ2v) is 8.25. The Kier molecular flexibility index (Phi) is 4.78. The molecule has 1 spiro atoms. The summed E-state index contributed by atoms with van der Waals surface area (Å²) >= 11 is 5.99. The highest BCUT2D eigenvalue weighted by molar-refractivity contribution is 6.28. The maximum Gasteiger partial charge on any atom is 0.266 e. The van der Waals surface area contributed by atoms with Crippen molar-refractivity contribution in [2.75, 3.05) is 31.6 Å². The van der Waals surface area contributed by atoms with Crippen LogP contribution in [0.2, 0.25) is 5.28 Å². The van der Waals surface area contributed by atoms with Gasteiger partial charge in [0.15, 0.2) is 5.82 Å². The Morgan fingerprint density at radius 2 is 2.10 bits per heavy atom. The van der Waals surface area contributed by atoms with Crippen molar-refractivity contribution in [2.45, 2.75) is 13.0 Å². The van der Waals surface area contributed by atoms with Crippen molar-refractivity contribution in [1.82, 2.24) is 19.5 Å². The van der Waals surface area contributed by atoms with Gasteiger partial charge in [0.25, 0.3) is 12.3 Å². The normalized spacial score (nSPS) is 17.1. The zero-order valence-corrected chi connectivity index (χ0v) is 16.9. The SMILES string of the molecule is O=C(c1cc2c(NCc3cccc(C(F)F)c3F)nc(Cl)nn2c1)N1CC2(COC2)C1. The number of rotatable bonds is 5. The Hall–Kier alpha value is -2.85. The maximum absolute atomic E-state index is 14.3. The van der Waals surface area contributed by atoms with Crippen LogP contribution in [0.5, 0.6) is 0 Å². The molecule has 2 aliphatic rings. The highest BCUT2D eigenvalue weighted by Gasteiger charge is 2.50. The molecule has 1 N–H and O–H groups in total. The first-order chi connectivity index (χ1) is 14.8. The molecule has 0 aliphatic carbocycles. The predicted octanol–water partition coefficient (Wildman–Crippen LogP) is 3.54. The van der Waals surface area contributed by atoms with Crippen LogP contribution in [0, 0.1) is 11.2 Å². The van der Waals surface area contributed by atoms with E-state index in [9.17, 15) is 18.0 Å². The molecule has 1 aromatic carbocycles. The van der Waals surface area contributed by atoms with E-state index < -0.39 is 17.8 Å². The van der Waals surface area contributed by atoms with Gasteiger partial charge in [-0.1, -0.05) is 18.2 Å². The molecule has 11 heteroatoms. The van der Waals surface area contributed by atoms with Gasteiger partial charge < -0.3 is 15.0 Å². The van der Waals surface area contributed by atoms with Crippen molar-refractivity contribution in [3.05, 3.63) is 58.3 Å². The minimum absolute atomic E-state index is 0.0575. The Balaban J connectivity index is 1.38. The molecule has 0 atom stereocenters. The van der Waals surface area contributed by atoms with E-state index in [1.54, 1.807) is 17.2 Å². The van der Waals surface area contributed by atoms with E-state index in [0.717, 1.165) is 6.07 Å². The highest BCUT2D eigenvalue weighted by Crippen LogP contribution is 2.38. The van der Waals surface area contributed by atoms with Crippen molar-refractivity contribution in [3.8, 4) is 0 Å². The maximum atomic E-state index is 14.3. The predicted molar refractivity (Wildman–Crippen MR) is 106 cm³/mol. The van der Waals surface area contributed by atoms with Gasteiger partial charge in [0.05, 0.1) is 29.8 Å². The van der Waals surface area contributed by atoms with Gasteiger partial charge >= 0.3 is 0 Å². The number of hydrogen-bond donors (Lipinski definition) is 1. The first-order valence-electron chi connectivity index (χ1n) is 9.57. The van der Waals surface area contributed by atoms with Crippen LogP contribution in [0.3, 0.4) is 0 Å². The van der Waals surface area contributed by atoms with E-state index in [0.29, 0.717) is 37.4 Å². The third-order valence-electron chi connectivity index (χ3n) is 5.63. The quantitative estimate of drug-likeness (QED) is 0.642. The van der Waals surface area contributed by atoms with Crippen LogP contribution in [0.4, 0.5) is 19.0 Å². The summed E-state index contributed by atoms with van der Waals surface area (Å²) in [5.41, 5.74) is 0.370. The van der Waals surface area contributed by atoms with Gasteiger partial charge in [-0.15, -0.1) is 5.10 Å². The summed E-state index contributed by atoms with van der Waals surface area (Å²) in [6.45, 7) is 2.54. The average Bonchev–Trinajstić information content (AvgIpc) is 3.08. The molecule has 2 fully saturated rings. The van der Waals surface area contributed by atoms with Crippen LogP contribution < -0.4 is 5.32 Å². The van der Waals surface area contributed by atoms with E-state index >= 15 is 0 Å². The summed E-state index contributed by atoms with van der Waals surface area (Å²) in [7, 11) is 0. The molecular formula is C20H17ClF3N5O2. The number of halogens is 4. The van der Waals surface area contributed by atoms with Gasteiger partial charge in [-0.2, -0.15) is 4.98 Å². The lowest BCUT2D eigenvalue weighted by molar-refractivity contribution is -0.176. The molecule has 2 aliphatic heterocycles. The molecule has 2 aromatic heterocycles. The highest BCUT2D eigenvalue weighted by atomic mass is 35.5. The third kappa shape index (κ3) is 3.49. The zero-order valence-electron chi connectivity index (χ0n) is 16.1. The molecular weight excluding hydrogens is 435 g/mol. The topological polar surface area (TPSA) is 71.8 Å².